The zero-order chi connectivity index (χ0) is 34.0. The predicted octanol–water partition coefficient (Wildman–Crippen LogP) is 8.27. The van der Waals surface area contributed by atoms with Crippen LogP contribution in [-0.4, -0.2) is 45.9 Å². The lowest BCUT2D eigenvalue weighted by Crippen LogP contribution is -2.32. The number of carboxylic acid groups (broad SMARTS) is 1. The molecule has 5 aromatic rings. The first kappa shape index (κ1) is 34.1. The molecule has 1 atom stereocenters. The van der Waals surface area contributed by atoms with Crippen LogP contribution in [0, 0.1) is 0 Å². The average Bonchev–Trinajstić information content (AvgIpc) is 3.09. The van der Waals surface area contributed by atoms with Gasteiger partial charge in [0.25, 0.3) is 5.91 Å². The second kappa shape index (κ2) is 16.0. The minimum atomic E-state index is -1.08. The van der Waals surface area contributed by atoms with Gasteiger partial charge in [0.05, 0.1) is 29.2 Å². The van der Waals surface area contributed by atoms with E-state index in [1.54, 1.807) is 23.1 Å². The van der Waals surface area contributed by atoms with Crippen LogP contribution in [0.25, 0.3) is 23.1 Å². The number of pyridine rings is 1. The molecule has 8 heteroatoms. The van der Waals surface area contributed by atoms with Crippen molar-refractivity contribution in [2.45, 2.75) is 39.2 Å². The highest BCUT2D eigenvalue weighted by atomic mass is 35.5. The molecule has 0 radical (unpaired) electrons. The van der Waals surface area contributed by atoms with Crippen LogP contribution < -0.4 is 5.32 Å². The Balaban J connectivity index is 1.42. The highest BCUT2D eigenvalue weighted by Gasteiger charge is 2.21. The number of carbonyl (C=O) groups is 3. The van der Waals surface area contributed by atoms with E-state index in [0.29, 0.717) is 42.1 Å². The number of carbonyl (C=O) groups excluding carboxylic acids is 2. The molecule has 0 fully saturated rings. The Morgan fingerprint density at radius 1 is 0.833 bits per heavy atom. The Morgan fingerprint density at radius 3 is 2.29 bits per heavy atom. The van der Waals surface area contributed by atoms with E-state index in [9.17, 15) is 19.5 Å². The SMILES string of the molecule is CCN(CC)C(=O)c1ccccc1CCC(NC(=O)Cc1ccccc1C(=O)O)c1cccc(/C=C/c2ccc3ccc(Cl)cc3n2)c1. The predicted molar refractivity (Wildman–Crippen MR) is 192 cm³/mol. The Kier molecular flexibility index (Phi) is 11.4. The lowest BCUT2D eigenvalue weighted by atomic mass is 9.94. The van der Waals surface area contributed by atoms with Gasteiger partial charge in [0, 0.05) is 29.1 Å². The second-order valence-electron chi connectivity index (χ2n) is 11.5. The molecule has 2 N–H and O–H groups in total. The van der Waals surface area contributed by atoms with Gasteiger partial charge in [-0.25, -0.2) is 9.78 Å². The van der Waals surface area contributed by atoms with Crippen LogP contribution in [0.5, 0.6) is 0 Å². The number of rotatable bonds is 13. The van der Waals surface area contributed by atoms with E-state index in [4.69, 9.17) is 16.6 Å². The first-order chi connectivity index (χ1) is 23.2. The molecule has 0 bridgehead atoms. The molecule has 7 nitrogen and oxygen atoms in total. The summed E-state index contributed by atoms with van der Waals surface area (Å²) in [5.74, 6) is -1.38. The molecular formula is C40H38ClN3O4. The second-order valence-corrected chi connectivity index (χ2v) is 11.9. The van der Waals surface area contributed by atoms with Gasteiger partial charge in [0.1, 0.15) is 0 Å². The van der Waals surface area contributed by atoms with Gasteiger partial charge in [-0.15, -0.1) is 0 Å². The van der Waals surface area contributed by atoms with Crippen molar-refractivity contribution in [2.75, 3.05) is 13.1 Å². The van der Waals surface area contributed by atoms with Crippen LogP contribution in [0.3, 0.4) is 0 Å². The summed E-state index contributed by atoms with van der Waals surface area (Å²) in [6.45, 7) is 5.16. The summed E-state index contributed by atoms with van der Waals surface area (Å²) >= 11 is 6.18. The first-order valence-corrected chi connectivity index (χ1v) is 16.5. The number of fused-ring (bicyclic) bond motifs is 1. The van der Waals surface area contributed by atoms with Crippen molar-refractivity contribution in [3.05, 3.63) is 147 Å². The van der Waals surface area contributed by atoms with Crippen molar-refractivity contribution in [1.82, 2.24) is 15.2 Å². The number of carboxylic acids is 1. The van der Waals surface area contributed by atoms with Crippen molar-refractivity contribution in [3.63, 3.8) is 0 Å². The van der Waals surface area contributed by atoms with Gasteiger partial charge in [-0.3, -0.25) is 9.59 Å². The van der Waals surface area contributed by atoms with Crippen LogP contribution in [0.2, 0.25) is 5.02 Å². The number of nitrogens with one attached hydrogen (secondary N) is 1. The highest BCUT2D eigenvalue weighted by molar-refractivity contribution is 6.31. The van der Waals surface area contributed by atoms with E-state index in [0.717, 1.165) is 33.3 Å². The Morgan fingerprint density at radius 2 is 1.54 bits per heavy atom. The van der Waals surface area contributed by atoms with Crippen molar-refractivity contribution >= 4 is 52.4 Å². The van der Waals surface area contributed by atoms with Gasteiger partial charge in [0.2, 0.25) is 5.91 Å². The van der Waals surface area contributed by atoms with Crippen molar-refractivity contribution < 1.29 is 19.5 Å². The molecule has 4 aromatic carbocycles. The standard InChI is InChI=1S/C40H38ClN3O4/c1-3-44(4-2)39(46)34-14-7-5-11-28(34)19-23-36(43-38(45)25-30-12-6-8-15-35(30)40(47)48)31-13-9-10-27(24-31)16-21-33-22-18-29-17-20-32(41)26-37(29)42-33/h5-18,20-22,24,26,36H,3-4,19,23,25H2,1-2H3,(H,43,45)(H,47,48)/b21-16+. The fourth-order valence-electron chi connectivity index (χ4n) is 5.81. The van der Waals surface area contributed by atoms with Crippen LogP contribution in [0.1, 0.15) is 75.0 Å². The molecule has 244 valence electrons. The van der Waals surface area contributed by atoms with Crippen molar-refractivity contribution in [3.8, 4) is 0 Å². The van der Waals surface area contributed by atoms with E-state index in [1.165, 1.54) is 6.07 Å². The van der Waals surface area contributed by atoms with Crippen LogP contribution in [0.15, 0.2) is 103 Å². The van der Waals surface area contributed by atoms with Crippen LogP contribution in [0.4, 0.5) is 0 Å². The summed E-state index contributed by atoms with van der Waals surface area (Å²) in [4.78, 5) is 45.1. The third-order valence-corrected chi connectivity index (χ3v) is 8.61. The summed E-state index contributed by atoms with van der Waals surface area (Å²) < 4.78 is 0. The maximum absolute atomic E-state index is 13.5. The van der Waals surface area contributed by atoms with E-state index in [2.05, 4.69) is 5.32 Å². The van der Waals surface area contributed by atoms with Crippen molar-refractivity contribution in [1.29, 1.82) is 0 Å². The first-order valence-electron chi connectivity index (χ1n) is 16.1. The van der Waals surface area contributed by atoms with Gasteiger partial charge >= 0.3 is 5.97 Å². The van der Waals surface area contributed by atoms with Crippen molar-refractivity contribution in [2.24, 2.45) is 0 Å². The average molecular weight is 660 g/mol. The molecule has 1 aromatic heterocycles. The number of hydrogen-bond acceptors (Lipinski definition) is 4. The number of amides is 2. The minimum Gasteiger partial charge on any atom is -0.478 e. The maximum atomic E-state index is 13.5. The van der Waals surface area contributed by atoms with Gasteiger partial charge < -0.3 is 15.3 Å². The Bertz CT molecular complexity index is 1970. The Hall–Kier alpha value is -5.27. The summed E-state index contributed by atoms with van der Waals surface area (Å²) in [5, 5.41) is 14.4. The summed E-state index contributed by atoms with van der Waals surface area (Å²) in [7, 11) is 0. The number of benzene rings is 4. The monoisotopic (exact) mass is 659 g/mol. The molecule has 1 heterocycles. The summed E-state index contributed by atoms with van der Waals surface area (Å²) in [6, 6.07) is 31.2. The molecule has 5 rings (SSSR count). The van der Waals surface area contributed by atoms with Crippen LogP contribution in [-0.2, 0) is 17.6 Å². The number of nitrogens with zero attached hydrogens (tertiary/aromatic N) is 2. The van der Waals surface area contributed by atoms with E-state index < -0.39 is 12.0 Å². The quantitative estimate of drug-likeness (QED) is 0.133. The van der Waals surface area contributed by atoms with Gasteiger partial charge in [-0.05, 0) is 91.4 Å². The topological polar surface area (TPSA) is 99.6 Å². The maximum Gasteiger partial charge on any atom is 0.335 e. The summed E-state index contributed by atoms with van der Waals surface area (Å²) in [5.41, 5.74) is 5.51. The number of halogens is 1. The highest BCUT2D eigenvalue weighted by Crippen LogP contribution is 2.25. The molecular weight excluding hydrogens is 622 g/mol. The van der Waals surface area contributed by atoms with Gasteiger partial charge in [0.15, 0.2) is 0 Å². The largest absolute Gasteiger partial charge is 0.478 e. The molecule has 0 spiro atoms. The van der Waals surface area contributed by atoms with E-state index >= 15 is 0 Å². The molecule has 1 unspecified atom stereocenters. The van der Waals surface area contributed by atoms with E-state index in [-0.39, 0.29) is 23.8 Å². The normalized spacial score (nSPS) is 11.8. The smallest absolute Gasteiger partial charge is 0.335 e. The molecule has 0 aliphatic heterocycles. The fraction of sp³-hybridized carbons (Fsp3) is 0.200. The third kappa shape index (κ3) is 8.55. The number of aromatic nitrogens is 1. The number of aromatic carboxylic acids is 1. The fourth-order valence-corrected chi connectivity index (χ4v) is 5.98. The molecule has 0 saturated carbocycles. The third-order valence-electron chi connectivity index (χ3n) is 8.37. The molecule has 0 saturated heterocycles. The van der Waals surface area contributed by atoms with E-state index in [1.807, 2.05) is 105 Å². The molecule has 2 amide bonds. The molecule has 0 aliphatic carbocycles. The lowest BCUT2D eigenvalue weighted by molar-refractivity contribution is -0.121. The Labute approximate surface area is 285 Å². The van der Waals surface area contributed by atoms with Gasteiger partial charge in [-0.1, -0.05) is 84.4 Å². The number of aryl methyl sites for hydroxylation is 1. The van der Waals surface area contributed by atoms with Gasteiger partial charge in [-0.2, -0.15) is 0 Å². The molecule has 48 heavy (non-hydrogen) atoms. The minimum absolute atomic E-state index is 0.0156. The lowest BCUT2D eigenvalue weighted by Gasteiger charge is -2.23. The summed E-state index contributed by atoms with van der Waals surface area (Å²) in [6.07, 6.45) is 4.90. The molecule has 0 aliphatic rings. The zero-order valence-corrected chi connectivity index (χ0v) is 27.8. The van der Waals surface area contributed by atoms with Crippen LogP contribution >= 0.6 is 11.6 Å². The zero-order valence-electron chi connectivity index (χ0n) is 27.0. The number of hydrogen-bond donors (Lipinski definition) is 2.